The summed E-state index contributed by atoms with van der Waals surface area (Å²) in [5.74, 6) is 5.62. The van der Waals surface area contributed by atoms with Gasteiger partial charge in [0.05, 0.1) is 0 Å². The van der Waals surface area contributed by atoms with Crippen LogP contribution in [-0.4, -0.2) is 0 Å². The molecule has 45 heavy (non-hydrogen) atoms. The molecule has 0 heterocycles. The highest BCUT2D eigenvalue weighted by atomic mass is 14.6. The molecule has 4 aliphatic rings. The Kier molecular flexibility index (Phi) is 9.59. The average Bonchev–Trinajstić information content (AvgIpc) is 3.51. The first-order valence-corrected chi connectivity index (χ1v) is 18.3. The first-order chi connectivity index (χ1) is 21.1. The Labute approximate surface area is 277 Å². The Hall–Kier alpha value is -2.34. The molecule has 0 saturated heterocycles. The minimum absolute atomic E-state index is 0.172. The van der Waals surface area contributed by atoms with E-state index in [1.165, 1.54) is 41.2 Å². The molecule has 2 saturated carbocycles. The molecule has 0 aromatic heterocycles. The van der Waals surface area contributed by atoms with Crippen LogP contribution in [0.1, 0.15) is 114 Å². The van der Waals surface area contributed by atoms with Gasteiger partial charge in [0.1, 0.15) is 0 Å². The Morgan fingerprint density at radius 2 is 1.18 bits per heavy atom. The second kappa shape index (κ2) is 12.7. The summed E-state index contributed by atoms with van der Waals surface area (Å²) in [5.41, 5.74) is 5.36. The van der Waals surface area contributed by atoms with Crippen LogP contribution in [0.4, 0.5) is 0 Å². The smallest absolute Gasteiger partial charge is 0.00848 e. The van der Waals surface area contributed by atoms with Gasteiger partial charge in [-0.05, 0) is 110 Å². The van der Waals surface area contributed by atoms with Crippen molar-refractivity contribution in [3.63, 3.8) is 0 Å². The Morgan fingerprint density at radius 3 is 1.67 bits per heavy atom. The summed E-state index contributed by atoms with van der Waals surface area (Å²) in [6.45, 7) is 28.6. The third kappa shape index (κ3) is 6.73. The van der Waals surface area contributed by atoms with E-state index in [0.29, 0.717) is 46.8 Å². The standard InChI is InChI=1S/C42H56.C3H8/c1-26-22-30(42(8,9)10)25-35(26)39(32-17-13-15-27-14-11-12-16-31(27)32)38-33-20-18-28(40(2,3)4)23-36(33)37-24-29(41(5,6)7)19-21-34(37)38;1-3-2/h11-21,23-24,26,30,33-39H,22,25H2,1-10H3;3H2,1-2H3/t26?,30?,33?,34?,35?,36?,37?,38?,39-;/m1./s1. The molecule has 2 fully saturated rings. The van der Waals surface area contributed by atoms with Crippen molar-refractivity contribution < 1.29 is 0 Å². The van der Waals surface area contributed by atoms with Crippen molar-refractivity contribution in [1.29, 1.82) is 0 Å². The minimum Gasteiger partial charge on any atom is -0.0802 e. The van der Waals surface area contributed by atoms with Gasteiger partial charge in [-0.15, -0.1) is 0 Å². The second-order valence-corrected chi connectivity index (χ2v) is 18.3. The predicted molar refractivity (Wildman–Crippen MR) is 198 cm³/mol. The molecule has 0 N–H and O–H groups in total. The molecule has 0 amide bonds. The van der Waals surface area contributed by atoms with Crippen LogP contribution in [0, 0.1) is 63.6 Å². The summed E-state index contributed by atoms with van der Waals surface area (Å²) in [6, 6.07) is 16.4. The quantitative estimate of drug-likeness (QED) is 0.327. The van der Waals surface area contributed by atoms with E-state index < -0.39 is 0 Å². The van der Waals surface area contributed by atoms with Crippen molar-refractivity contribution in [3.8, 4) is 0 Å². The normalized spacial score (nSPS) is 31.9. The molecule has 0 aliphatic heterocycles. The summed E-state index contributed by atoms with van der Waals surface area (Å²) in [7, 11) is 0. The van der Waals surface area contributed by atoms with Crippen LogP contribution in [0.5, 0.6) is 0 Å². The summed E-state index contributed by atoms with van der Waals surface area (Å²) >= 11 is 0. The van der Waals surface area contributed by atoms with Crippen LogP contribution < -0.4 is 0 Å². The largest absolute Gasteiger partial charge is 0.0802 e. The van der Waals surface area contributed by atoms with Crippen LogP contribution >= 0.6 is 0 Å². The van der Waals surface area contributed by atoms with Gasteiger partial charge in [0.25, 0.3) is 0 Å². The molecule has 0 spiro atoms. The molecule has 4 aliphatic carbocycles. The zero-order valence-electron chi connectivity index (χ0n) is 30.8. The summed E-state index contributed by atoms with van der Waals surface area (Å²) in [4.78, 5) is 0. The van der Waals surface area contributed by atoms with Crippen LogP contribution in [0.2, 0.25) is 0 Å². The van der Waals surface area contributed by atoms with E-state index in [0.717, 1.165) is 11.8 Å². The number of benzene rings is 2. The van der Waals surface area contributed by atoms with E-state index in [1.807, 2.05) is 0 Å². The predicted octanol–water partition coefficient (Wildman–Crippen LogP) is 13.2. The summed E-state index contributed by atoms with van der Waals surface area (Å²) < 4.78 is 0. The molecule has 244 valence electrons. The molecule has 0 heteroatoms. The van der Waals surface area contributed by atoms with Gasteiger partial charge in [0.15, 0.2) is 0 Å². The van der Waals surface area contributed by atoms with E-state index in [-0.39, 0.29) is 10.8 Å². The number of rotatable bonds is 3. The van der Waals surface area contributed by atoms with E-state index in [4.69, 9.17) is 0 Å². The molecule has 0 bridgehead atoms. The first kappa shape index (κ1) is 34.0. The molecular weight excluding hydrogens is 540 g/mol. The molecule has 6 rings (SSSR count). The minimum atomic E-state index is 0.172. The molecule has 8 atom stereocenters. The van der Waals surface area contributed by atoms with E-state index >= 15 is 0 Å². The number of hydrogen-bond donors (Lipinski definition) is 0. The Morgan fingerprint density at radius 1 is 0.667 bits per heavy atom. The van der Waals surface area contributed by atoms with Crippen molar-refractivity contribution >= 4 is 10.8 Å². The van der Waals surface area contributed by atoms with Crippen LogP contribution in [-0.2, 0) is 0 Å². The van der Waals surface area contributed by atoms with E-state index in [1.54, 1.807) is 5.56 Å². The molecule has 2 aromatic rings. The lowest BCUT2D eigenvalue weighted by Gasteiger charge is -2.40. The van der Waals surface area contributed by atoms with Crippen molar-refractivity contribution in [1.82, 2.24) is 0 Å². The molecule has 0 radical (unpaired) electrons. The zero-order chi connectivity index (χ0) is 32.9. The number of allylic oxidation sites excluding steroid dienone is 8. The SMILES string of the molecule is CC1CC(C(C)(C)C)CC1[C@@H](c1cccc2ccccc12)C1C2C=CC(C(C)(C)C)=CC2C2C=C(C(C)(C)C)C=CC21.CCC. The lowest BCUT2D eigenvalue weighted by atomic mass is 9.64. The second-order valence-electron chi connectivity index (χ2n) is 18.3. The first-order valence-electron chi connectivity index (χ1n) is 18.3. The van der Waals surface area contributed by atoms with Gasteiger partial charge in [0, 0.05) is 0 Å². The zero-order valence-corrected chi connectivity index (χ0v) is 30.8. The van der Waals surface area contributed by atoms with Gasteiger partial charge in [-0.2, -0.15) is 0 Å². The highest BCUT2D eigenvalue weighted by Gasteiger charge is 2.55. The van der Waals surface area contributed by atoms with Crippen LogP contribution in [0.25, 0.3) is 10.8 Å². The highest BCUT2D eigenvalue weighted by molar-refractivity contribution is 5.86. The summed E-state index contributed by atoms with van der Waals surface area (Å²) in [5, 5.41) is 2.88. The monoisotopic (exact) mass is 605 g/mol. The van der Waals surface area contributed by atoms with Crippen molar-refractivity contribution in [2.75, 3.05) is 0 Å². The highest BCUT2D eigenvalue weighted by Crippen LogP contribution is 2.63. The van der Waals surface area contributed by atoms with Crippen LogP contribution in [0.3, 0.4) is 0 Å². The lowest BCUT2D eigenvalue weighted by Crippen LogP contribution is -2.31. The maximum atomic E-state index is 2.72. The van der Waals surface area contributed by atoms with Crippen molar-refractivity contribution in [3.05, 3.63) is 95.6 Å². The summed E-state index contributed by atoms with van der Waals surface area (Å²) in [6.07, 6.45) is 19.8. The Bertz CT molecular complexity index is 1400. The van der Waals surface area contributed by atoms with Gasteiger partial charge in [-0.1, -0.05) is 168 Å². The fraction of sp³-hybridized carbons (Fsp3) is 0.600. The van der Waals surface area contributed by atoms with E-state index in [9.17, 15) is 0 Å². The number of fused-ring (bicyclic) bond motifs is 4. The van der Waals surface area contributed by atoms with Crippen molar-refractivity contribution in [2.24, 2.45) is 63.6 Å². The third-order valence-corrected chi connectivity index (χ3v) is 11.9. The van der Waals surface area contributed by atoms with Gasteiger partial charge >= 0.3 is 0 Å². The molecule has 0 nitrogen and oxygen atoms in total. The molecule has 7 unspecified atom stereocenters. The van der Waals surface area contributed by atoms with Crippen molar-refractivity contribution in [2.45, 2.75) is 108 Å². The fourth-order valence-corrected chi connectivity index (χ4v) is 9.43. The van der Waals surface area contributed by atoms with Gasteiger partial charge in [0.2, 0.25) is 0 Å². The molecular formula is C45H64. The molecule has 2 aromatic carbocycles. The topological polar surface area (TPSA) is 0 Å². The maximum Gasteiger partial charge on any atom is -0.00848 e. The van der Waals surface area contributed by atoms with E-state index in [2.05, 4.69) is 162 Å². The Balaban J connectivity index is 0.00000128. The third-order valence-electron chi connectivity index (χ3n) is 11.9. The maximum absolute atomic E-state index is 2.72. The average molecular weight is 605 g/mol. The van der Waals surface area contributed by atoms with Gasteiger partial charge in [-0.3, -0.25) is 0 Å². The lowest BCUT2D eigenvalue weighted by molar-refractivity contribution is 0.196. The van der Waals surface area contributed by atoms with Crippen LogP contribution in [0.15, 0.2) is 90.1 Å². The fourth-order valence-electron chi connectivity index (χ4n) is 9.43. The number of hydrogen-bond acceptors (Lipinski definition) is 0. The van der Waals surface area contributed by atoms with Gasteiger partial charge < -0.3 is 0 Å². The van der Waals surface area contributed by atoms with Gasteiger partial charge in [-0.25, -0.2) is 0 Å².